The van der Waals surface area contributed by atoms with Gasteiger partial charge in [-0.3, -0.25) is 4.79 Å². The van der Waals surface area contributed by atoms with Crippen LogP contribution in [-0.4, -0.2) is 61.7 Å². The predicted molar refractivity (Wildman–Crippen MR) is 138 cm³/mol. The van der Waals surface area contributed by atoms with E-state index in [9.17, 15) is 9.59 Å². The van der Waals surface area contributed by atoms with E-state index in [0.717, 1.165) is 19.3 Å². The van der Waals surface area contributed by atoms with Gasteiger partial charge in [-0.1, -0.05) is 25.8 Å². The molecule has 8 nitrogen and oxygen atoms in total. The number of amides is 2. The first-order valence-electron chi connectivity index (χ1n) is 10.3. The van der Waals surface area contributed by atoms with E-state index in [1.807, 2.05) is 38.3 Å². The highest BCUT2D eigenvalue weighted by atomic mass is 127. The molecule has 1 heterocycles. The van der Waals surface area contributed by atoms with Gasteiger partial charge < -0.3 is 25.6 Å². The lowest BCUT2D eigenvalue weighted by atomic mass is 10.1. The fraction of sp³-hybridized carbons (Fsp3) is 0.667. The van der Waals surface area contributed by atoms with Crippen LogP contribution in [0.25, 0.3) is 0 Å². The molecular weight excluding hydrogens is 529 g/mol. The Bertz CT molecular complexity index is 675. The third kappa shape index (κ3) is 14.2. The number of ether oxygens (including phenoxy) is 1. The third-order valence-corrected chi connectivity index (χ3v) is 4.90. The van der Waals surface area contributed by atoms with Gasteiger partial charge in [0, 0.05) is 31.6 Å². The Morgan fingerprint density at radius 2 is 1.97 bits per heavy atom. The van der Waals surface area contributed by atoms with E-state index >= 15 is 0 Å². The summed E-state index contributed by atoms with van der Waals surface area (Å²) in [5.41, 5.74) is -0.544. The van der Waals surface area contributed by atoms with Gasteiger partial charge in [-0.15, -0.1) is 35.3 Å². The first-order valence-corrected chi connectivity index (χ1v) is 11.2. The number of rotatable bonds is 10. The number of carbonyl (C=O) groups excluding carboxylic acids is 2. The molecule has 0 aliphatic heterocycles. The number of hydrogen-bond donors (Lipinski definition) is 3. The zero-order chi connectivity index (χ0) is 22.6. The van der Waals surface area contributed by atoms with Crippen molar-refractivity contribution in [2.45, 2.75) is 65.1 Å². The van der Waals surface area contributed by atoms with E-state index in [4.69, 9.17) is 4.74 Å². The number of nitrogens with one attached hydrogen (secondary N) is 3. The second-order valence-electron chi connectivity index (χ2n) is 8.25. The highest BCUT2D eigenvalue weighted by molar-refractivity contribution is 14.0. The summed E-state index contributed by atoms with van der Waals surface area (Å²) >= 11 is 1.65. The highest BCUT2D eigenvalue weighted by Crippen LogP contribution is 2.08. The summed E-state index contributed by atoms with van der Waals surface area (Å²) in [6, 6.07) is 4.00. The predicted octanol–water partition coefficient (Wildman–Crippen LogP) is 3.57. The van der Waals surface area contributed by atoms with Crippen molar-refractivity contribution in [2.75, 3.05) is 27.2 Å². The lowest BCUT2D eigenvalue weighted by molar-refractivity contribution is -0.127. The van der Waals surface area contributed by atoms with Crippen LogP contribution in [-0.2, 0) is 16.1 Å². The number of aliphatic imine (C=N–C) groups is 1. The van der Waals surface area contributed by atoms with Crippen LogP contribution in [0, 0.1) is 0 Å². The molecule has 0 aliphatic rings. The Kier molecular flexibility index (Phi) is 14.5. The Labute approximate surface area is 207 Å². The fourth-order valence-electron chi connectivity index (χ4n) is 2.41. The normalized spacial score (nSPS) is 12.4. The van der Waals surface area contributed by atoms with Gasteiger partial charge in [-0.25, -0.2) is 9.79 Å². The zero-order valence-electron chi connectivity index (χ0n) is 19.5. The van der Waals surface area contributed by atoms with Crippen molar-refractivity contribution in [2.24, 2.45) is 4.99 Å². The van der Waals surface area contributed by atoms with Crippen LogP contribution in [0.2, 0.25) is 0 Å². The topological polar surface area (TPSA) is 95.1 Å². The molecule has 0 bridgehead atoms. The number of alkyl carbamates (subject to hydrolysis) is 1. The van der Waals surface area contributed by atoms with Gasteiger partial charge in [0.15, 0.2) is 5.96 Å². The van der Waals surface area contributed by atoms with Gasteiger partial charge in [0.2, 0.25) is 5.91 Å². The molecule has 0 saturated heterocycles. The van der Waals surface area contributed by atoms with Crippen molar-refractivity contribution >= 4 is 53.3 Å². The Balaban J connectivity index is 0.00000900. The molecule has 0 radical (unpaired) electrons. The lowest BCUT2D eigenvalue weighted by Crippen LogP contribution is -2.49. The maximum atomic E-state index is 12.0. The number of nitrogens with zero attached hydrogens (tertiary/aromatic N) is 2. The molecular formula is C21H38IN5O3S. The summed E-state index contributed by atoms with van der Waals surface area (Å²) in [7, 11) is 3.41. The van der Waals surface area contributed by atoms with Crippen molar-refractivity contribution in [3.05, 3.63) is 22.4 Å². The number of thiophene rings is 1. The van der Waals surface area contributed by atoms with Crippen LogP contribution in [0.1, 0.15) is 51.8 Å². The molecule has 0 aromatic carbocycles. The summed E-state index contributed by atoms with van der Waals surface area (Å²) in [5.74, 6) is 0.468. The maximum Gasteiger partial charge on any atom is 0.407 e. The molecule has 1 aromatic rings. The van der Waals surface area contributed by atoms with Crippen LogP contribution in [0.4, 0.5) is 4.79 Å². The highest BCUT2D eigenvalue weighted by Gasteiger charge is 2.18. The molecule has 178 valence electrons. The van der Waals surface area contributed by atoms with Crippen molar-refractivity contribution < 1.29 is 14.3 Å². The van der Waals surface area contributed by atoms with Gasteiger partial charge in [0.25, 0.3) is 0 Å². The molecule has 31 heavy (non-hydrogen) atoms. The van der Waals surface area contributed by atoms with E-state index in [-0.39, 0.29) is 42.5 Å². The first-order chi connectivity index (χ1) is 14.1. The van der Waals surface area contributed by atoms with Crippen molar-refractivity contribution in [3.8, 4) is 0 Å². The molecule has 1 unspecified atom stereocenters. The third-order valence-electron chi connectivity index (χ3n) is 4.02. The summed E-state index contributed by atoms with van der Waals surface area (Å²) in [5, 5.41) is 11.5. The summed E-state index contributed by atoms with van der Waals surface area (Å²) < 4.78 is 5.33. The summed E-state index contributed by atoms with van der Waals surface area (Å²) in [4.78, 5) is 31.1. The van der Waals surface area contributed by atoms with Crippen molar-refractivity contribution in [1.29, 1.82) is 0 Å². The van der Waals surface area contributed by atoms with Crippen LogP contribution in [0.5, 0.6) is 0 Å². The second-order valence-corrected chi connectivity index (χ2v) is 9.28. The Hall–Kier alpha value is -1.56. The van der Waals surface area contributed by atoms with E-state index in [2.05, 4.69) is 27.9 Å². The van der Waals surface area contributed by atoms with E-state index in [1.54, 1.807) is 25.4 Å². The second kappa shape index (κ2) is 15.3. The number of halogens is 1. The standard InChI is InChI=1S/C21H37N5O3S.HI/c1-7-8-10-16(13-24-20(28)29-21(2,3)4)25-19(23-15-18(27)26(5)6)22-14-17-11-9-12-30-17;/h9,11-12,16H,7-8,10,13-15H2,1-6H3,(H,24,28)(H2,22,23,25);1H. The van der Waals surface area contributed by atoms with Crippen LogP contribution < -0.4 is 16.0 Å². The maximum absolute atomic E-state index is 12.0. The smallest absolute Gasteiger partial charge is 0.407 e. The molecule has 0 saturated carbocycles. The van der Waals surface area contributed by atoms with Gasteiger partial charge in [-0.2, -0.15) is 0 Å². The Morgan fingerprint density at radius 3 is 2.52 bits per heavy atom. The average molecular weight is 568 g/mol. The average Bonchev–Trinajstić information content (AvgIpc) is 3.17. The molecule has 0 fully saturated rings. The quantitative estimate of drug-likeness (QED) is 0.228. The van der Waals surface area contributed by atoms with Gasteiger partial charge in [0.1, 0.15) is 12.1 Å². The molecule has 1 aromatic heterocycles. The molecule has 2 amide bonds. The number of guanidine groups is 1. The Morgan fingerprint density at radius 1 is 1.26 bits per heavy atom. The fourth-order valence-corrected chi connectivity index (χ4v) is 3.06. The van der Waals surface area contributed by atoms with Crippen molar-refractivity contribution in [3.63, 3.8) is 0 Å². The minimum atomic E-state index is -0.544. The van der Waals surface area contributed by atoms with E-state index in [0.29, 0.717) is 19.0 Å². The van der Waals surface area contributed by atoms with Crippen molar-refractivity contribution in [1.82, 2.24) is 20.9 Å². The molecule has 0 spiro atoms. The summed E-state index contributed by atoms with van der Waals surface area (Å²) in [6.07, 6.45) is 2.45. The number of hydrogen-bond acceptors (Lipinski definition) is 5. The number of carbonyl (C=O) groups is 2. The summed E-state index contributed by atoms with van der Waals surface area (Å²) in [6.45, 7) is 8.68. The minimum absolute atomic E-state index is 0. The largest absolute Gasteiger partial charge is 0.444 e. The zero-order valence-corrected chi connectivity index (χ0v) is 22.6. The van der Waals surface area contributed by atoms with Gasteiger partial charge in [-0.05, 0) is 38.6 Å². The molecule has 3 N–H and O–H groups in total. The van der Waals surface area contributed by atoms with E-state index < -0.39 is 11.7 Å². The number of unbranched alkanes of at least 4 members (excludes halogenated alkanes) is 1. The van der Waals surface area contributed by atoms with Crippen LogP contribution >= 0.6 is 35.3 Å². The molecule has 0 aliphatic carbocycles. The molecule has 10 heteroatoms. The lowest BCUT2D eigenvalue weighted by Gasteiger charge is -2.24. The van der Waals surface area contributed by atoms with Gasteiger partial charge in [0.05, 0.1) is 6.54 Å². The SMILES string of the molecule is CCCCC(CNC(=O)OC(C)(C)C)NC(=NCC(=O)N(C)C)NCc1cccs1.I. The minimum Gasteiger partial charge on any atom is -0.444 e. The first kappa shape index (κ1) is 29.4. The van der Waals surface area contributed by atoms with Gasteiger partial charge >= 0.3 is 6.09 Å². The van der Waals surface area contributed by atoms with Crippen LogP contribution in [0.3, 0.4) is 0 Å². The van der Waals surface area contributed by atoms with Crippen LogP contribution in [0.15, 0.2) is 22.5 Å². The molecule has 1 atom stereocenters. The number of likely N-dealkylation sites (N-methyl/N-ethyl adjacent to an activating group) is 1. The monoisotopic (exact) mass is 567 g/mol. The molecule has 1 rings (SSSR count). The van der Waals surface area contributed by atoms with E-state index in [1.165, 1.54) is 9.78 Å².